The number of hydrogen-bond acceptors (Lipinski definition) is 6. The molecule has 0 amide bonds. The molecule has 8 heteroatoms. The number of halogens is 2. The summed E-state index contributed by atoms with van der Waals surface area (Å²) < 4.78 is 33.6. The minimum Gasteiger partial charge on any atom is -0.495 e. The van der Waals surface area contributed by atoms with Crippen molar-refractivity contribution in [3.05, 3.63) is 40.8 Å². The number of rotatable bonds is 4. The zero-order chi connectivity index (χ0) is 19.1. The number of anilines is 3. The van der Waals surface area contributed by atoms with E-state index in [4.69, 9.17) is 16.2 Å². The number of ether oxygens (including phenoxy) is 1. The van der Waals surface area contributed by atoms with Crippen molar-refractivity contribution >= 4 is 23.0 Å². The van der Waals surface area contributed by atoms with Crippen LogP contribution in [0.15, 0.2) is 24.2 Å². The van der Waals surface area contributed by atoms with Crippen molar-refractivity contribution in [3.63, 3.8) is 0 Å². The molecule has 0 saturated carbocycles. The Morgan fingerprint density at radius 1 is 1.31 bits per heavy atom. The number of nitrogens with one attached hydrogen (secondary N) is 1. The Balaban J connectivity index is 2.08. The summed E-state index contributed by atoms with van der Waals surface area (Å²) in [6.45, 7) is 2.24. The zero-order valence-corrected chi connectivity index (χ0v) is 14.9. The second kappa shape index (κ2) is 6.44. The molecule has 0 fully saturated rings. The Labute approximate surface area is 150 Å². The van der Waals surface area contributed by atoms with E-state index < -0.39 is 18.0 Å². The van der Waals surface area contributed by atoms with Gasteiger partial charge in [-0.25, -0.2) is 13.8 Å². The average molecular weight is 361 g/mol. The summed E-state index contributed by atoms with van der Waals surface area (Å²) >= 11 is 0. The van der Waals surface area contributed by atoms with Crippen LogP contribution < -0.4 is 21.5 Å². The third-order valence-electron chi connectivity index (χ3n) is 4.58. The molecular weight excluding hydrogens is 340 g/mol. The highest BCUT2D eigenvalue weighted by Gasteiger charge is 2.38. The van der Waals surface area contributed by atoms with Crippen molar-refractivity contribution in [1.29, 1.82) is 0 Å². The molecule has 5 N–H and O–H groups in total. The van der Waals surface area contributed by atoms with Gasteiger partial charge >= 0.3 is 0 Å². The highest BCUT2D eigenvalue weighted by molar-refractivity contribution is 5.85. The predicted octanol–water partition coefficient (Wildman–Crippen LogP) is 3.09. The third kappa shape index (κ3) is 2.91. The maximum absolute atomic E-state index is 14.7. The molecule has 138 valence electrons. The average Bonchev–Trinajstić information content (AvgIpc) is 2.62. The molecule has 1 aliphatic heterocycles. The van der Waals surface area contributed by atoms with Gasteiger partial charge in [0.2, 0.25) is 5.95 Å². The van der Waals surface area contributed by atoms with E-state index in [9.17, 15) is 8.78 Å². The summed E-state index contributed by atoms with van der Waals surface area (Å²) in [5.74, 6) is 0.363. The second-order valence-corrected chi connectivity index (χ2v) is 6.57. The second-order valence-electron chi connectivity index (χ2n) is 6.57. The number of allylic oxidation sites excluding steroid dienone is 1. The summed E-state index contributed by atoms with van der Waals surface area (Å²) in [4.78, 5) is 7.90. The fourth-order valence-corrected chi connectivity index (χ4v) is 3.11. The molecule has 0 aliphatic carbocycles. The number of nitrogens with zero attached hydrogens (tertiary/aromatic N) is 2. The van der Waals surface area contributed by atoms with E-state index in [1.54, 1.807) is 19.2 Å². The van der Waals surface area contributed by atoms with Gasteiger partial charge in [-0.1, -0.05) is 0 Å². The molecule has 0 bridgehead atoms. The van der Waals surface area contributed by atoms with Crippen molar-refractivity contribution in [3.8, 4) is 5.75 Å². The number of methoxy groups -OCH3 is 1. The van der Waals surface area contributed by atoms with Crippen molar-refractivity contribution in [1.82, 2.24) is 9.97 Å². The van der Waals surface area contributed by atoms with Gasteiger partial charge in [0.25, 0.3) is 0 Å². The van der Waals surface area contributed by atoms with Gasteiger partial charge in [-0.2, -0.15) is 4.98 Å². The van der Waals surface area contributed by atoms with Gasteiger partial charge in [0.1, 0.15) is 29.6 Å². The lowest BCUT2D eigenvalue weighted by atomic mass is 9.87. The monoisotopic (exact) mass is 361 g/mol. The number of hydrogen-bond donors (Lipinski definition) is 3. The van der Waals surface area contributed by atoms with Gasteiger partial charge in [-0.3, -0.25) is 0 Å². The summed E-state index contributed by atoms with van der Waals surface area (Å²) in [7, 11) is 1.51. The van der Waals surface area contributed by atoms with E-state index in [-0.39, 0.29) is 11.8 Å². The Morgan fingerprint density at radius 2 is 2.04 bits per heavy atom. The Kier molecular flexibility index (Phi) is 4.43. The lowest BCUT2D eigenvalue weighted by Gasteiger charge is -2.35. The lowest BCUT2D eigenvalue weighted by molar-refractivity contribution is 0.340. The van der Waals surface area contributed by atoms with E-state index in [2.05, 4.69) is 15.3 Å². The Hall–Kier alpha value is -2.90. The van der Waals surface area contributed by atoms with Crippen LogP contribution >= 0.6 is 0 Å². The quantitative estimate of drug-likeness (QED) is 0.774. The molecule has 1 aliphatic rings. The molecule has 2 heterocycles. The van der Waals surface area contributed by atoms with Crippen LogP contribution in [0.3, 0.4) is 0 Å². The van der Waals surface area contributed by atoms with E-state index in [1.807, 2.05) is 6.07 Å². The first-order valence-electron chi connectivity index (χ1n) is 8.08. The van der Waals surface area contributed by atoms with E-state index in [1.165, 1.54) is 14.0 Å². The molecule has 0 saturated heterocycles. The van der Waals surface area contributed by atoms with Crippen LogP contribution in [0.2, 0.25) is 0 Å². The Bertz CT molecular complexity index is 899. The number of nitrogens with two attached hydrogens (primary N) is 2. The fourth-order valence-electron chi connectivity index (χ4n) is 3.11. The lowest BCUT2D eigenvalue weighted by Crippen LogP contribution is -2.41. The molecular formula is C18H21F2N5O. The van der Waals surface area contributed by atoms with Crippen LogP contribution in [-0.2, 0) is 6.42 Å². The maximum Gasteiger partial charge on any atom is 0.221 e. The SMILES string of the molecule is COc1cc(Cc2cnc(N)nc2N)cc2c1NC(C)(CF)C(F)=C2C. The smallest absolute Gasteiger partial charge is 0.221 e. The van der Waals surface area contributed by atoms with Crippen LogP contribution in [0, 0.1) is 0 Å². The Morgan fingerprint density at radius 3 is 2.65 bits per heavy atom. The van der Waals surface area contributed by atoms with Gasteiger partial charge in [-0.05, 0) is 37.1 Å². The third-order valence-corrected chi connectivity index (χ3v) is 4.58. The highest BCUT2D eigenvalue weighted by Crippen LogP contribution is 2.45. The van der Waals surface area contributed by atoms with Crippen LogP contribution in [-0.4, -0.2) is 29.3 Å². The van der Waals surface area contributed by atoms with Gasteiger partial charge in [-0.15, -0.1) is 0 Å². The molecule has 1 atom stereocenters. The van der Waals surface area contributed by atoms with Crippen molar-refractivity contribution in [2.75, 3.05) is 30.6 Å². The maximum atomic E-state index is 14.7. The minimum absolute atomic E-state index is 0.102. The standard InChI is InChI=1S/C18H21F2N5O/c1-9-12-5-10(4-11-7-23-17(22)24-16(11)21)6-13(26-3)14(12)25-18(2,8-19)15(9)20/h5-7,25H,4,8H2,1-3H3,(H4,21,22,23,24). The topological polar surface area (TPSA) is 99.1 Å². The van der Waals surface area contributed by atoms with Crippen molar-refractivity contribution < 1.29 is 13.5 Å². The normalized spacial score (nSPS) is 19.1. The molecule has 6 nitrogen and oxygen atoms in total. The van der Waals surface area contributed by atoms with Crippen molar-refractivity contribution in [2.45, 2.75) is 25.8 Å². The van der Waals surface area contributed by atoms with Crippen LogP contribution in [0.1, 0.15) is 30.5 Å². The number of alkyl halides is 1. The van der Waals surface area contributed by atoms with Crippen LogP contribution in [0.5, 0.6) is 5.75 Å². The van der Waals surface area contributed by atoms with Crippen molar-refractivity contribution in [2.24, 2.45) is 0 Å². The summed E-state index contributed by atoms with van der Waals surface area (Å²) in [5.41, 5.74) is 13.1. The number of aromatic nitrogens is 2. The largest absolute Gasteiger partial charge is 0.495 e. The van der Waals surface area contributed by atoms with Crippen LogP contribution in [0.4, 0.5) is 26.2 Å². The van der Waals surface area contributed by atoms with E-state index >= 15 is 0 Å². The first-order valence-corrected chi connectivity index (χ1v) is 8.08. The molecule has 1 unspecified atom stereocenters. The minimum atomic E-state index is -1.40. The highest BCUT2D eigenvalue weighted by atomic mass is 19.1. The molecule has 2 aromatic rings. The van der Waals surface area contributed by atoms with E-state index in [0.717, 1.165) is 5.56 Å². The zero-order valence-electron chi connectivity index (χ0n) is 14.9. The number of fused-ring (bicyclic) bond motifs is 1. The summed E-state index contributed by atoms with van der Waals surface area (Å²) in [6, 6.07) is 3.63. The molecule has 3 rings (SSSR count). The first kappa shape index (κ1) is 17.9. The fraction of sp³-hybridized carbons (Fsp3) is 0.333. The summed E-state index contributed by atoms with van der Waals surface area (Å²) in [6.07, 6.45) is 1.98. The molecule has 1 aromatic heterocycles. The van der Waals surface area contributed by atoms with Gasteiger partial charge in [0, 0.05) is 23.7 Å². The molecule has 1 aromatic carbocycles. The predicted molar refractivity (Wildman–Crippen MR) is 98.4 cm³/mol. The van der Waals surface area contributed by atoms with Gasteiger partial charge < -0.3 is 21.5 Å². The summed E-state index contributed by atoms with van der Waals surface area (Å²) in [5, 5.41) is 2.93. The molecule has 0 radical (unpaired) electrons. The molecule has 26 heavy (non-hydrogen) atoms. The van der Waals surface area contributed by atoms with Gasteiger partial charge in [0.15, 0.2) is 0 Å². The first-order chi connectivity index (χ1) is 12.3. The van der Waals surface area contributed by atoms with E-state index in [0.29, 0.717) is 34.6 Å². The van der Waals surface area contributed by atoms with Crippen LogP contribution in [0.25, 0.3) is 5.57 Å². The number of benzene rings is 1. The number of nitrogen functional groups attached to an aromatic ring is 2. The molecule has 0 spiro atoms. The van der Waals surface area contributed by atoms with Gasteiger partial charge in [0.05, 0.1) is 12.8 Å².